The lowest BCUT2D eigenvalue weighted by molar-refractivity contribution is -0.179. The van der Waals surface area contributed by atoms with Gasteiger partial charge in [-0.05, 0) is 25.8 Å². The fourth-order valence-corrected chi connectivity index (χ4v) is 4.44. The smallest absolute Gasteiger partial charge is 0.243 e. The average molecular weight is 446 g/mol. The second-order valence-corrected chi connectivity index (χ2v) is 8.73. The molecule has 5 nitrogen and oxygen atoms in total. The van der Waals surface area contributed by atoms with Crippen molar-refractivity contribution < 1.29 is 9.53 Å². The van der Waals surface area contributed by atoms with Gasteiger partial charge in [0.15, 0.2) is 0 Å². The minimum absolute atomic E-state index is 0. The monoisotopic (exact) mass is 445 g/mol. The predicted molar refractivity (Wildman–Crippen MR) is 123 cm³/mol. The number of halogens is 2. The molecule has 2 aliphatic rings. The normalized spacial score (nSPS) is 29.1. The lowest BCUT2D eigenvalue weighted by Crippen LogP contribution is -2.76. The molecule has 0 radical (unpaired) electrons. The molecule has 0 aromatic heterocycles. The molecule has 2 fully saturated rings. The summed E-state index contributed by atoms with van der Waals surface area (Å²) in [6.45, 7) is 12.4. The highest BCUT2D eigenvalue weighted by Gasteiger charge is 2.63. The lowest BCUT2D eigenvalue weighted by Gasteiger charge is -2.58. The standard InChI is InChI=1S/C22H35N3O2.2ClH/c1-5-27-19-15-22(23,21(19,3)4)20(26)24-12-11-17(2)25(14-13-24)16-18-9-7-6-8-10-18;;/h6-10,17,19H,5,11-16,23H2,1-4H3;2*1H. The van der Waals surface area contributed by atoms with Crippen LogP contribution in [0.2, 0.25) is 0 Å². The SMILES string of the molecule is CCOC1CC(N)(C(=O)N2CCC(C)N(Cc3ccccc3)CC2)C1(C)C.Cl.Cl. The molecular formula is C22H37Cl2N3O2. The Morgan fingerprint density at radius 3 is 2.41 bits per heavy atom. The molecule has 2 N–H and O–H groups in total. The second-order valence-electron chi connectivity index (χ2n) is 8.73. The van der Waals surface area contributed by atoms with Crippen molar-refractivity contribution in [3.05, 3.63) is 35.9 Å². The minimum Gasteiger partial charge on any atom is -0.378 e. The summed E-state index contributed by atoms with van der Waals surface area (Å²) in [4.78, 5) is 17.8. The van der Waals surface area contributed by atoms with Crippen LogP contribution in [0.25, 0.3) is 0 Å². The van der Waals surface area contributed by atoms with Gasteiger partial charge in [0.2, 0.25) is 5.91 Å². The van der Waals surface area contributed by atoms with Crippen molar-refractivity contribution in [1.29, 1.82) is 0 Å². The molecule has 3 atom stereocenters. The Morgan fingerprint density at radius 1 is 1.17 bits per heavy atom. The first kappa shape index (κ1) is 26.2. The largest absolute Gasteiger partial charge is 0.378 e. The number of benzene rings is 1. The molecule has 1 aromatic carbocycles. The van der Waals surface area contributed by atoms with E-state index in [1.165, 1.54) is 5.56 Å². The molecule has 1 saturated carbocycles. The molecule has 3 unspecified atom stereocenters. The first-order valence-electron chi connectivity index (χ1n) is 10.3. The fraction of sp³-hybridized carbons (Fsp3) is 0.682. The number of amides is 1. The van der Waals surface area contributed by atoms with E-state index >= 15 is 0 Å². The third-order valence-electron chi connectivity index (χ3n) is 6.82. The van der Waals surface area contributed by atoms with Crippen LogP contribution in [0.3, 0.4) is 0 Å². The Hall–Kier alpha value is -0.850. The highest BCUT2D eigenvalue weighted by Crippen LogP contribution is 2.50. The van der Waals surface area contributed by atoms with Crippen LogP contribution in [-0.4, -0.2) is 59.6 Å². The van der Waals surface area contributed by atoms with Crippen molar-refractivity contribution in [2.24, 2.45) is 11.1 Å². The molecular weight excluding hydrogens is 409 g/mol. The van der Waals surface area contributed by atoms with Gasteiger partial charge in [0.25, 0.3) is 0 Å². The maximum absolute atomic E-state index is 13.3. The zero-order chi connectivity index (χ0) is 19.7. The molecule has 1 heterocycles. The van der Waals surface area contributed by atoms with Gasteiger partial charge in [0.05, 0.1) is 6.10 Å². The van der Waals surface area contributed by atoms with E-state index in [0.29, 0.717) is 19.1 Å². The average Bonchev–Trinajstić information content (AvgIpc) is 2.84. The van der Waals surface area contributed by atoms with Crippen LogP contribution in [0.1, 0.15) is 46.1 Å². The number of hydrogen-bond donors (Lipinski definition) is 1. The summed E-state index contributed by atoms with van der Waals surface area (Å²) in [5.74, 6) is 0.0946. The van der Waals surface area contributed by atoms with E-state index in [0.717, 1.165) is 32.6 Å². The molecule has 1 aliphatic carbocycles. The van der Waals surface area contributed by atoms with Crippen LogP contribution >= 0.6 is 24.8 Å². The van der Waals surface area contributed by atoms with Crippen molar-refractivity contribution in [3.63, 3.8) is 0 Å². The molecule has 1 saturated heterocycles. The maximum atomic E-state index is 13.3. The van der Waals surface area contributed by atoms with E-state index in [1.807, 2.05) is 17.9 Å². The van der Waals surface area contributed by atoms with Crippen LogP contribution in [0, 0.1) is 5.41 Å². The van der Waals surface area contributed by atoms with Crippen molar-refractivity contribution in [3.8, 4) is 0 Å². The fourth-order valence-electron chi connectivity index (χ4n) is 4.44. The van der Waals surface area contributed by atoms with Crippen LogP contribution in [0.15, 0.2) is 30.3 Å². The van der Waals surface area contributed by atoms with Gasteiger partial charge in [-0.25, -0.2) is 0 Å². The van der Waals surface area contributed by atoms with Gasteiger partial charge in [-0.15, -0.1) is 24.8 Å². The van der Waals surface area contributed by atoms with Crippen molar-refractivity contribution >= 4 is 30.7 Å². The van der Waals surface area contributed by atoms with Crippen molar-refractivity contribution in [1.82, 2.24) is 9.80 Å². The first-order chi connectivity index (χ1) is 12.8. The topological polar surface area (TPSA) is 58.8 Å². The number of ether oxygens (including phenoxy) is 1. The van der Waals surface area contributed by atoms with Gasteiger partial charge in [0.1, 0.15) is 5.54 Å². The summed E-state index contributed by atoms with van der Waals surface area (Å²) < 4.78 is 5.79. The summed E-state index contributed by atoms with van der Waals surface area (Å²) in [6.07, 6.45) is 1.66. The van der Waals surface area contributed by atoms with Gasteiger partial charge in [0, 0.05) is 50.7 Å². The van der Waals surface area contributed by atoms with Gasteiger partial charge in [-0.2, -0.15) is 0 Å². The third-order valence-corrected chi connectivity index (χ3v) is 6.82. The van der Waals surface area contributed by atoms with E-state index in [4.69, 9.17) is 10.5 Å². The van der Waals surface area contributed by atoms with Gasteiger partial charge < -0.3 is 15.4 Å². The highest BCUT2D eigenvalue weighted by molar-refractivity contribution is 5.89. The number of rotatable bonds is 5. The molecule has 0 spiro atoms. The Balaban J connectivity index is 0.00000210. The number of nitrogens with two attached hydrogens (primary N) is 1. The zero-order valence-corrected chi connectivity index (χ0v) is 19.7. The van der Waals surface area contributed by atoms with E-state index in [9.17, 15) is 4.79 Å². The van der Waals surface area contributed by atoms with E-state index in [2.05, 4.69) is 49.9 Å². The Labute approximate surface area is 188 Å². The summed E-state index contributed by atoms with van der Waals surface area (Å²) in [7, 11) is 0. The molecule has 1 amide bonds. The molecule has 1 aromatic rings. The van der Waals surface area contributed by atoms with Gasteiger partial charge in [-0.1, -0.05) is 44.2 Å². The molecule has 29 heavy (non-hydrogen) atoms. The quantitative estimate of drug-likeness (QED) is 0.753. The van der Waals surface area contributed by atoms with Crippen LogP contribution in [-0.2, 0) is 16.1 Å². The van der Waals surface area contributed by atoms with E-state index in [1.54, 1.807) is 0 Å². The van der Waals surface area contributed by atoms with Crippen LogP contribution < -0.4 is 5.73 Å². The van der Waals surface area contributed by atoms with Crippen molar-refractivity contribution in [2.75, 3.05) is 26.2 Å². The Morgan fingerprint density at radius 2 is 1.83 bits per heavy atom. The second kappa shape index (κ2) is 10.5. The minimum atomic E-state index is -0.815. The first-order valence-corrected chi connectivity index (χ1v) is 10.3. The lowest BCUT2D eigenvalue weighted by atomic mass is 9.54. The van der Waals surface area contributed by atoms with E-state index < -0.39 is 5.54 Å². The molecule has 1 aliphatic heterocycles. The number of carbonyl (C=O) groups is 1. The molecule has 0 bridgehead atoms. The predicted octanol–water partition coefficient (Wildman–Crippen LogP) is 3.49. The van der Waals surface area contributed by atoms with Gasteiger partial charge in [-0.3, -0.25) is 9.69 Å². The number of carbonyl (C=O) groups excluding carboxylic acids is 1. The maximum Gasteiger partial charge on any atom is 0.243 e. The Kier molecular flexibility index (Phi) is 9.44. The summed E-state index contributed by atoms with van der Waals surface area (Å²) in [5, 5.41) is 0. The zero-order valence-electron chi connectivity index (χ0n) is 18.1. The van der Waals surface area contributed by atoms with Crippen molar-refractivity contribution in [2.45, 2.75) is 64.8 Å². The van der Waals surface area contributed by atoms with Crippen LogP contribution in [0.4, 0.5) is 0 Å². The highest BCUT2D eigenvalue weighted by atomic mass is 35.5. The number of nitrogens with zero attached hydrogens (tertiary/aromatic N) is 2. The number of hydrogen-bond acceptors (Lipinski definition) is 4. The molecule has 3 rings (SSSR count). The summed E-state index contributed by atoms with van der Waals surface area (Å²) >= 11 is 0. The van der Waals surface area contributed by atoms with E-state index in [-0.39, 0.29) is 42.2 Å². The summed E-state index contributed by atoms with van der Waals surface area (Å²) in [5.41, 5.74) is 6.81. The Bertz CT molecular complexity index is 659. The molecule has 7 heteroatoms. The third kappa shape index (κ3) is 5.08. The summed E-state index contributed by atoms with van der Waals surface area (Å²) in [6, 6.07) is 11.0. The molecule has 166 valence electrons. The van der Waals surface area contributed by atoms with Gasteiger partial charge >= 0.3 is 0 Å². The van der Waals surface area contributed by atoms with Crippen LogP contribution in [0.5, 0.6) is 0 Å².